The van der Waals surface area contributed by atoms with E-state index in [1.54, 1.807) is 0 Å². The number of hydrogen-bond donors (Lipinski definition) is 0. The van der Waals surface area contributed by atoms with Gasteiger partial charge in [-0.3, -0.25) is 9.69 Å². The second-order valence-corrected chi connectivity index (χ2v) is 8.02. The molecule has 2 heterocycles. The minimum absolute atomic E-state index is 0.179. The van der Waals surface area contributed by atoms with Crippen molar-refractivity contribution in [2.75, 3.05) is 26.2 Å². The van der Waals surface area contributed by atoms with Gasteiger partial charge in [-0.15, -0.1) is 0 Å². The predicted molar refractivity (Wildman–Crippen MR) is 99.7 cm³/mol. The summed E-state index contributed by atoms with van der Waals surface area (Å²) >= 11 is 2.27. The lowest BCUT2D eigenvalue weighted by Crippen LogP contribution is -2.50. The smallest absolute Gasteiger partial charge is 0.254 e. The molecule has 3 unspecified atom stereocenters. The fraction of sp³-hybridized carbons (Fsp3) is 0.611. The molecule has 3 atom stereocenters. The van der Waals surface area contributed by atoms with Crippen LogP contribution in [-0.2, 0) is 4.74 Å². The first kappa shape index (κ1) is 17.2. The van der Waals surface area contributed by atoms with Crippen molar-refractivity contribution in [1.29, 1.82) is 0 Å². The number of morpholine rings is 1. The van der Waals surface area contributed by atoms with Gasteiger partial charge in [0.2, 0.25) is 0 Å². The van der Waals surface area contributed by atoms with E-state index in [0.29, 0.717) is 6.04 Å². The van der Waals surface area contributed by atoms with Crippen molar-refractivity contribution in [3.05, 3.63) is 33.4 Å². The highest BCUT2D eigenvalue weighted by molar-refractivity contribution is 14.1. The Kier molecular flexibility index (Phi) is 5.59. The molecule has 2 aliphatic rings. The molecule has 0 saturated carbocycles. The molecule has 1 aromatic rings. The number of halogens is 1. The molecule has 126 valence electrons. The van der Waals surface area contributed by atoms with Gasteiger partial charge in [0.25, 0.3) is 5.91 Å². The quantitative estimate of drug-likeness (QED) is 0.695. The number of amides is 1. The molecule has 3 rings (SSSR count). The van der Waals surface area contributed by atoms with Gasteiger partial charge in [-0.1, -0.05) is 0 Å². The van der Waals surface area contributed by atoms with E-state index in [9.17, 15) is 4.79 Å². The minimum Gasteiger partial charge on any atom is -0.373 e. The van der Waals surface area contributed by atoms with Crippen LogP contribution < -0.4 is 0 Å². The highest BCUT2D eigenvalue weighted by atomic mass is 127. The van der Waals surface area contributed by atoms with Crippen molar-refractivity contribution in [3.63, 3.8) is 0 Å². The minimum atomic E-state index is 0.179. The normalized spacial score (nSPS) is 29.0. The van der Waals surface area contributed by atoms with E-state index in [1.807, 2.05) is 24.3 Å². The largest absolute Gasteiger partial charge is 0.373 e. The molecule has 4 nitrogen and oxygen atoms in total. The summed E-state index contributed by atoms with van der Waals surface area (Å²) < 4.78 is 6.97. The maximum absolute atomic E-state index is 12.8. The maximum atomic E-state index is 12.8. The molecule has 2 aliphatic heterocycles. The van der Waals surface area contributed by atoms with Crippen LogP contribution in [0.3, 0.4) is 0 Å². The average molecular weight is 428 g/mol. The third-order valence-electron chi connectivity index (χ3n) is 4.69. The zero-order valence-electron chi connectivity index (χ0n) is 13.9. The van der Waals surface area contributed by atoms with Gasteiger partial charge in [0, 0.05) is 41.4 Å². The Bertz CT molecular complexity index is 538. The topological polar surface area (TPSA) is 32.8 Å². The fourth-order valence-corrected chi connectivity index (χ4v) is 4.14. The average Bonchev–Trinajstić information content (AvgIpc) is 2.94. The molecule has 0 bridgehead atoms. The standard InChI is InChI=1S/C18H25IN2O2/c1-13-10-20(11-14(2)23-13)12-17-4-3-9-21(17)18(22)15-5-7-16(19)8-6-15/h5-8,13-14,17H,3-4,9-12H2,1-2H3. The van der Waals surface area contributed by atoms with Gasteiger partial charge in [0.1, 0.15) is 0 Å². The summed E-state index contributed by atoms with van der Waals surface area (Å²) in [5, 5.41) is 0. The zero-order valence-corrected chi connectivity index (χ0v) is 16.0. The van der Waals surface area contributed by atoms with Crippen LogP contribution in [0.15, 0.2) is 24.3 Å². The molecule has 0 aromatic heterocycles. The highest BCUT2D eigenvalue weighted by Crippen LogP contribution is 2.23. The van der Waals surface area contributed by atoms with Crippen molar-refractivity contribution in [3.8, 4) is 0 Å². The van der Waals surface area contributed by atoms with Gasteiger partial charge in [0.15, 0.2) is 0 Å². The zero-order chi connectivity index (χ0) is 16.4. The number of nitrogens with zero attached hydrogens (tertiary/aromatic N) is 2. The summed E-state index contributed by atoms with van der Waals surface area (Å²) in [7, 11) is 0. The second kappa shape index (κ2) is 7.49. The van der Waals surface area contributed by atoms with Crippen LogP contribution in [0.1, 0.15) is 37.0 Å². The van der Waals surface area contributed by atoms with Gasteiger partial charge >= 0.3 is 0 Å². The van der Waals surface area contributed by atoms with E-state index < -0.39 is 0 Å². The third kappa shape index (κ3) is 4.25. The van der Waals surface area contributed by atoms with Crippen LogP contribution >= 0.6 is 22.6 Å². The number of carbonyl (C=O) groups excluding carboxylic acids is 1. The Morgan fingerprint density at radius 3 is 2.52 bits per heavy atom. The van der Waals surface area contributed by atoms with Crippen molar-refractivity contribution in [2.24, 2.45) is 0 Å². The number of ether oxygens (including phenoxy) is 1. The monoisotopic (exact) mass is 428 g/mol. The summed E-state index contributed by atoms with van der Waals surface area (Å²) in [6.07, 6.45) is 2.77. The molecule has 23 heavy (non-hydrogen) atoms. The van der Waals surface area contributed by atoms with Crippen LogP contribution in [0.4, 0.5) is 0 Å². The Balaban J connectivity index is 1.65. The van der Waals surface area contributed by atoms with Crippen LogP contribution in [0, 0.1) is 3.57 Å². The van der Waals surface area contributed by atoms with Crippen molar-refractivity contribution < 1.29 is 9.53 Å². The van der Waals surface area contributed by atoms with Crippen LogP contribution in [0.5, 0.6) is 0 Å². The Morgan fingerprint density at radius 2 is 1.87 bits per heavy atom. The number of benzene rings is 1. The molecule has 1 amide bonds. The van der Waals surface area contributed by atoms with E-state index in [-0.39, 0.29) is 18.1 Å². The van der Waals surface area contributed by atoms with Crippen molar-refractivity contribution >= 4 is 28.5 Å². The Hall–Kier alpha value is -0.660. The van der Waals surface area contributed by atoms with Gasteiger partial charge in [0.05, 0.1) is 12.2 Å². The summed E-state index contributed by atoms with van der Waals surface area (Å²) in [4.78, 5) is 17.4. The number of likely N-dealkylation sites (tertiary alicyclic amines) is 1. The molecule has 0 radical (unpaired) electrons. The van der Waals surface area contributed by atoms with Gasteiger partial charge < -0.3 is 9.64 Å². The fourth-order valence-electron chi connectivity index (χ4n) is 3.78. The van der Waals surface area contributed by atoms with Crippen LogP contribution in [0.2, 0.25) is 0 Å². The SMILES string of the molecule is CC1CN(CC2CCCN2C(=O)c2ccc(I)cc2)CC(C)O1. The lowest BCUT2D eigenvalue weighted by molar-refractivity contribution is -0.0715. The van der Waals surface area contributed by atoms with Crippen LogP contribution in [0.25, 0.3) is 0 Å². The number of hydrogen-bond acceptors (Lipinski definition) is 3. The van der Waals surface area contributed by atoms with Gasteiger partial charge in [-0.2, -0.15) is 0 Å². The number of carbonyl (C=O) groups is 1. The molecule has 0 aliphatic carbocycles. The molecule has 0 spiro atoms. The van der Waals surface area contributed by atoms with Crippen LogP contribution in [-0.4, -0.2) is 60.1 Å². The second-order valence-electron chi connectivity index (χ2n) is 6.78. The lowest BCUT2D eigenvalue weighted by Gasteiger charge is -2.38. The van der Waals surface area contributed by atoms with E-state index in [1.165, 1.54) is 0 Å². The molecular formula is C18H25IN2O2. The first-order chi connectivity index (χ1) is 11.0. The lowest BCUT2D eigenvalue weighted by atomic mass is 10.1. The molecule has 2 fully saturated rings. The number of rotatable bonds is 3. The highest BCUT2D eigenvalue weighted by Gasteiger charge is 2.32. The first-order valence-electron chi connectivity index (χ1n) is 8.47. The van der Waals surface area contributed by atoms with Crippen molar-refractivity contribution in [2.45, 2.75) is 44.9 Å². The predicted octanol–water partition coefficient (Wildman–Crippen LogP) is 3.01. The van der Waals surface area contributed by atoms with Gasteiger partial charge in [-0.25, -0.2) is 0 Å². The van der Waals surface area contributed by atoms with E-state index in [2.05, 4.69) is 46.2 Å². The van der Waals surface area contributed by atoms with E-state index >= 15 is 0 Å². The summed E-state index contributed by atoms with van der Waals surface area (Å²) in [6, 6.07) is 8.23. The van der Waals surface area contributed by atoms with Crippen molar-refractivity contribution in [1.82, 2.24) is 9.80 Å². The van der Waals surface area contributed by atoms with E-state index in [4.69, 9.17) is 4.74 Å². The summed E-state index contributed by atoms with van der Waals surface area (Å²) in [5.41, 5.74) is 0.807. The molecule has 0 N–H and O–H groups in total. The molecule has 1 aromatic carbocycles. The van der Waals surface area contributed by atoms with Gasteiger partial charge in [-0.05, 0) is 73.5 Å². The summed E-state index contributed by atoms with van der Waals surface area (Å²) in [5.74, 6) is 0.179. The van der Waals surface area contributed by atoms with E-state index in [0.717, 1.165) is 48.2 Å². The first-order valence-corrected chi connectivity index (χ1v) is 9.55. The molecule has 5 heteroatoms. The Morgan fingerprint density at radius 1 is 1.22 bits per heavy atom. The summed E-state index contributed by atoms with van der Waals surface area (Å²) in [6.45, 7) is 8.04. The Labute approximate surface area is 152 Å². The maximum Gasteiger partial charge on any atom is 0.254 e. The molecule has 2 saturated heterocycles. The third-order valence-corrected chi connectivity index (χ3v) is 5.41. The molecular weight excluding hydrogens is 403 g/mol.